The SMILES string of the molecule is COC(=O)c1[nH]cnc1C(=O)c1ccc(Br)cc1. The van der Waals surface area contributed by atoms with Crippen LogP contribution in [0.5, 0.6) is 0 Å². The molecule has 0 aliphatic heterocycles. The molecule has 0 unspecified atom stereocenters. The van der Waals surface area contributed by atoms with Crippen molar-refractivity contribution >= 4 is 27.7 Å². The summed E-state index contributed by atoms with van der Waals surface area (Å²) in [6.07, 6.45) is 1.29. The van der Waals surface area contributed by atoms with Crippen molar-refractivity contribution in [3.05, 3.63) is 52.0 Å². The molecule has 5 nitrogen and oxygen atoms in total. The zero-order chi connectivity index (χ0) is 13.1. The third kappa shape index (κ3) is 2.33. The van der Waals surface area contributed by atoms with Crippen LogP contribution < -0.4 is 0 Å². The molecule has 6 heteroatoms. The van der Waals surface area contributed by atoms with Crippen LogP contribution in [0.3, 0.4) is 0 Å². The number of ether oxygens (including phenoxy) is 1. The highest BCUT2D eigenvalue weighted by Crippen LogP contribution is 2.15. The maximum Gasteiger partial charge on any atom is 0.356 e. The van der Waals surface area contributed by atoms with E-state index in [0.29, 0.717) is 5.56 Å². The van der Waals surface area contributed by atoms with Crippen LogP contribution in [0.2, 0.25) is 0 Å². The number of methoxy groups -OCH3 is 1. The number of rotatable bonds is 3. The first-order valence-electron chi connectivity index (χ1n) is 5.05. The molecule has 0 radical (unpaired) electrons. The highest BCUT2D eigenvalue weighted by Gasteiger charge is 2.21. The molecule has 0 fully saturated rings. The predicted molar refractivity (Wildman–Crippen MR) is 67.5 cm³/mol. The number of benzene rings is 1. The summed E-state index contributed by atoms with van der Waals surface area (Å²) in [5.74, 6) is -0.947. The molecule has 1 aromatic carbocycles. The number of hydrogen-bond donors (Lipinski definition) is 1. The Bertz CT molecular complexity index is 590. The number of nitrogens with zero attached hydrogens (tertiary/aromatic N) is 1. The minimum absolute atomic E-state index is 0.0594. The fourth-order valence-corrected chi connectivity index (χ4v) is 1.73. The van der Waals surface area contributed by atoms with Crippen LogP contribution >= 0.6 is 15.9 Å². The van der Waals surface area contributed by atoms with Crippen LogP contribution in [0.25, 0.3) is 0 Å². The predicted octanol–water partition coefficient (Wildman–Crippen LogP) is 2.19. The van der Waals surface area contributed by atoms with E-state index in [-0.39, 0.29) is 17.2 Å². The lowest BCUT2D eigenvalue weighted by Crippen LogP contribution is -2.11. The van der Waals surface area contributed by atoms with Crippen molar-refractivity contribution in [1.82, 2.24) is 9.97 Å². The fraction of sp³-hybridized carbons (Fsp3) is 0.0833. The lowest BCUT2D eigenvalue weighted by molar-refractivity contribution is 0.0591. The summed E-state index contributed by atoms with van der Waals surface area (Å²) in [6.45, 7) is 0. The summed E-state index contributed by atoms with van der Waals surface area (Å²) in [6, 6.07) is 6.81. The van der Waals surface area contributed by atoms with Gasteiger partial charge < -0.3 is 9.72 Å². The maximum atomic E-state index is 12.2. The van der Waals surface area contributed by atoms with Gasteiger partial charge in [-0.3, -0.25) is 4.79 Å². The second kappa shape index (κ2) is 5.14. The average Bonchev–Trinajstić information content (AvgIpc) is 2.87. The highest BCUT2D eigenvalue weighted by atomic mass is 79.9. The van der Waals surface area contributed by atoms with Gasteiger partial charge in [0.25, 0.3) is 0 Å². The number of esters is 1. The van der Waals surface area contributed by atoms with E-state index in [0.717, 1.165) is 4.47 Å². The van der Waals surface area contributed by atoms with E-state index in [1.54, 1.807) is 24.3 Å². The lowest BCUT2D eigenvalue weighted by Gasteiger charge is -2.01. The van der Waals surface area contributed by atoms with Crippen LogP contribution in [0, 0.1) is 0 Å². The molecule has 0 aliphatic rings. The van der Waals surface area contributed by atoms with E-state index < -0.39 is 5.97 Å². The van der Waals surface area contributed by atoms with Crippen molar-refractivity contribution in [3.8, 4) is 0 Å². The molecule has 0 bridgehead atoms. The molecule has 1 N–H and O–H groups in total. The topological polar surface area (TPSA) is 72.1 Å². The number of nitrogens with one attached hydrogen (secondary N) is 1. The highest BCUT2D eigenvalue weighted by molar-refractivity contribution is 9.10. The lowest BCUT2D eigenvalue weighted by atomic mass is 10.1. The van der Waals surface area contributed by atoms with Gasteiger partial charge in [0.1, 0.15) is 5.69 Å². The Balaban J connectivity index is 2.37. The van der Waals surface area contributed by atoms with E-state index >= 15 is 0 Å². The standard InChI is InChI=1S/C12H9BrN2O3/c1-18-12(17)10-9(14-6-15-10)11(16)7-2-4-8(13)5-3-7/h2-6H,1H3,(H,14,15). The van der Waals surface area contributed by atoms with Crippen molar-refractivity contribution in [1.29, 1.82) is 0 Å². The molecule has 2 aromatic rings. The van der Waals surface area contributed by atoms with E-state index in [9.17, 15) is 9.59 Å². The second-order valence-electron chi connectivity index (χ2n) is 3.45. The minimum atomic E-state index is -0.618. The van der Waals surface area contributed by atoms with Crippen molar-refractivity contribution in [2.45, 2.75) is 0 Å². The van der Waals surface area contributed by atoms with Gasteiger partial charge >= 0.3 is 5.97 Å². The number of carbonyl (C=O) groups is 2. The molecule has 0 saturated heterocycles. The van der Waals surface area contributed by atoms with E-state index in [1.165, 1.54) is 13.4 Å². The molecule has 18 heavy (non-hydrogen) atoms. The van der Waals surface area contributed by atoms with Crippen molar-refractivity contribution in [3.63, 3.8) is 0 Å². The molecular weight excluding hydrogens is 300 g/mol. The Hall–Kier alpha value is -1.95. The summed E-state index contributed by atoms with van der Waals surface area (Å²) < 4.78 is 5.44. The number of hydrogen-bond acceptors (Lipinski definition) is 4. The normalized spacial score (nSPS) is 10.1. The second-order valence-corrected chi connectivity index (χ2v) is 4.37. The van der Waals surface area contributed by atoms with Gasteiger partial charge in [0.2, 0.25) is 5.78 Å². The van der Waals surface area contributed by atoms with Gasteiger partial charge in [-0.2, -0.15) is 0 Å². The van der Waals surface area contributed by atoms with Crippen LogP contribution in [0.15, 0.2) is 35.1 Å². The number of ketones is 1. The van der Waals surface area contributed by atoms with E-state index in [4.69, 9.17) is 0 Å². The van der Waals surface area contributed by atoms with Gasteiger partial charge in [0, 0.05) is 10.0 Å². The van der Waals surface area contributed by atoms with Gasteiger partial charge in [-0.25, -0.2) is 9.78 Å². The number of imidazole rings is 1. The smallest absolute Gasteiger partial charge is 0.356 e. The zero-order valence-electron chi connectivity index (χ0n) is 9.44. The van der Waals surface area contributed by atoms with Gasteiger partial charge in [-0.1, -0.05) is 15.9 Å². The van der Waals surface area contributed by atoms with Crippen LogP contribution in [0.1, 0.15) is 26.5 Å². The Morgan fingerprint density at radius 1 is 1.28 bits per heavy atom. The molecule has 1 aromatic heterocycles. The Kier molecular flexibility index (Phi) is 3.57. The quantitative estimate of drug-likeness (QED) is 0.697. The van der Waals surface area contributed by atoms with Gasteiger partial charge in [-0.15, -0.1) is 0 Å². The Labute approximate surface area is 111 Å². The Morgan fingerprint density at radius 2 is 1.94 bits per heavy atom. The fourth-order valence-electron chi connectivity index (χ4n) is 1.46. The summed E-state index contributed by atoms with van der Waals surface area (Å²) in [7, 11) is 1.25. The number of carbonyl (C=O) groups excluding carboxylic acids is 2. The van der Waals surface area contributed by atoms with Crippen molar-refractivity contribution in [2.24, 2.45) is 0 Å². The van der Waals surface area contributed by atoms with Gasteiger partial charge in [0.05, 0.1) is 13.4 Å². The first-order chi connectivity index (χ1) is 8.63. The van der Waals surface area contributed by atoms with E-state index in [1.807, 2.05) is 0 Å². The van der Waals surface area contributed by atoms with Crippen molar-refractivity contribution in [2.75, 3.05) is 7.11 Å². The largest absolute Gasteiger partial charge is 0.464 e. The molecule has 0 aliphatic carbocycles. The average molecular weight is 309 g/mol. The first kappa shape index (κ1) is 12.5. The van der Waals surface area contributed by atoms with Gasteiger partial charge in [-0.05, 0) is 24.3 Å². The van der Waals surface area contributed by atoms with Crippen LogP contribution in [-0.4, -0.2) is 28.8 Å². The number of aromatic amines is 1. The third-order valence-electron chi connectivity index (χ3n) is 2.35. The summed E-state index contributed by atoms with van der Waals surface area (Å²) in [5.41, 5.74) is 0.574. The first-order valence-corrected chi connectivity index (χ1v) is 5.84. The molecule has 0 spiro atoms. The number of halogens is 1. The summed E-state index contributed by atoms with van der Waals surface area (Å²) >= 11 is 3.28. The maximum absolute atomic E-state index is 12.2. The summed E-state index contributed by atoms with van der Waals surface area (Å²) in [5, 5.41) is 0. The van der Waals surface area contributed by atoms with Crippen LogP contribution in [0.4, 0.5) is 0 Å². The summed E-state index contributed by atoms with van der Waals surface area (Å²) in [4.78, 5) is 30.1. The third-order valence-corrected chi connectivity index (χ3v) is 2.88. The number of H-pyrrole nitrogens is 1. The molecule has 92 valence electrons. The van der Waals surface area contributed by atoms with Gasteiger partial charge in [0.15, 0.2) is 5.69 Å². The van der Waals surface area contributed by atoms with Crippen molar-refractivity contribution < 1.29 is 14.3 Å². The van der Waals surface area contributed by atoms with E-state index in [2.05, 4.69) is 30.6 Å². The monoisotopic (exact) mass is 308 g/mol. The molecule has 1 heterocycles. The molecular formula is C12H9BrN2O3. The molecule has 0 amide bonds. The molecule has 2 rings (SSSR count). The minimum Gasteiger partial charge on any atom is -0.464 e. The molecule has 0 atom stereocenters. The zero-order valence-corrected chi connectivity index (χ0v) is 11.0. The molecule has 0 saturated carbocycles. The Morgan fingerprint density at radius 3 is 2.56 bits per heavy atom. The number of aromatic nitrogens is 2. The van der Waals surface area contributed by atoms with Crippen LogP contribution in [-0.2, 0) is 4.74 Å².